The first kappa shape index (κ1) is 31.7. The van der Waals surface area contributed by atoms with E-state index in [0.717, 1.165) is 39.3 Å². The van der Waals surface area contributed by atoms with Gasteiger partial charge in [0.1, 0.15) is 0 Å². The van der Waals surface area contributed by atoms with Gasteiger partial charge in [0.05, 0.1) is 31.3 Å². The lowest BCUT2D eigenvalue weighted by molar-refractivity contribution is -0.139. The van der Waals surface area contributed by atoms with Crippen molar-refractivity contribution in [2.75, 3.05) is 23.4 Å². The Morgan fingerprint density at radius 3 is 2.80 bits per heavy atom. The number of aromatic nitrogens is 1. The molecule has 238 valence electrons. The maximum atomic E-state index is 14.0. The summed E-state index contributed by atoms with van der Waals surface area (Å²) < 4.78 is 0.731. The van der Waals surface area contributed by atoms with Crippen LogP contribution in [0.1, 0.15) is 42.9 Å². The van der Waals surface area contributed by atoms with Gasteiger partial charge in [0.25, 0.3) is 5.91 Å². The Morgan fingerprint density at radius 2 is 1.98 bits per heavy atom. The number of nitrogens with zero attached hydrogens (tertiary/aromatic N) is 2. The first-order valence-corrected chi connectivity index (χ1v) is 16.3. The van der Waals surface area contributed by atoms with Gasteiger partial charge in [0, 0.05) is 51.7 Å². The Kier molecular flexibility index (Phi) is 9.13. The van der Waals surface area contributed by atoms with E-state index in [4.69, 9.17) is 0 Å². The molecule has 0 saturated carbocycles. The van der Waals surface area contributed by atoms with Crippen LogP contribution in [0.2, 0.25) is 0 Å². The van der Waals surface area contributed by atoms with E-state index in [9.17, 15) is 24.6 Å². The number of H-pyrrole nitrogens is 1. The number of aromatic amines is 1. The van der Waals surface area contributed by atoms with Gasteiger partial charge in [0.15, 0.2) is 5.60 Å². The highest BCUT2D eigenvalue weighted by atomic mass is 79.9. The van der Waals surface area contributed by atoms with Crippen molar-refractivity contribution in [2.24, 2.45) is 5.92 Å². The summed E-state index contributed by atoms with van der Waals surface area (Å²) in [5.41, 5.74) is 2.53. The zero-order chi connectivity index (χ0) is 32.4. The van der Waals surface area contributed by atoms with Crippen LogP contribution in [-0.4, -0.2) is 57.0 Å². The molecular weight excluding hydrogens is 648 g/mol. The molecule has 2 aliphatic heterocycles. The summed E-state index contributed by atoms with van der Waals surface area (Å²) in [4.78, 5) is 46.2. The second-order valence-corrected chi connectivity index (χ2v) is 13.0. The Morgan fingerprint density at radius 1 is 1.15 bits per heavy atom. The Bertz CT molecular complexity index is 1820. The van der Waals surface area contributed by atoms with Crippen LogP contribution >= 0.6 is 15.9 Å². The molecule has 0 radical (unpaired) electrons. The van der Waals surface area contributed by atoms with Gasteiger partial charge in [-0.05, 0) is 60.4 Å². The number of hydrogen-bond donors (Lipinski definition) is 4. The molecule has 1 fully saturated rings. The summed E-state index contributed by atoms with van der Waals surface area (Å²) in [6, 6.07) is 20.5. The summed E-state index contributed by atoms with van der Waals surface area (Å²) in [7, 11) is 0. The van der Waals surface area contributed by atoms with Gasteiger partial charge < -0.3 is 30.3 Å². The second-order valence-electron chi connectivity index (χ2n) is 12.1. The number of rotatable bonds is 10. The van der Waals surface area contributed by atoms with E-state index < -0.39 is 17.4 Å². The molecule has 3 heterocycles. The monoisotopic (exact) mass is 684 g/mol. The summed E-state index contributed by atoms with van der Waals surface area (Å²) in [6.07, 6.45) is 7.27. The first-order valence-electron chi connectivity index (χ1n) is 15.5. The van der Waals surface area contributed by atoms with Crippen LogP contribution in [0.5, 0.6) is 0 Å². The highest BCUT2D eigenvalue weighted by Crippen LogP contribution is 2.46. The fourth-order valence-corrected chi connectivity index (χ4v) is 7.01. The molecular formula is C36H37BrN4O5. The number of nitrogens with one attached hydrogen (secondary N) is 2. The third kappa shape index (κ3) is 6.12. The summed E-state index contributed by atoms with van der Waals surface area (Å²) >= 11 is 3.49. The molecule has 0 aliphatic carbocycles. The van der Waals surface area contributed by atoms with Gasteiger partial charge in [-0.1, -0.05) is 65.3 Å². The van der Waals surface area contributed by atoms with Crippen LogP contribution in [0.15, 0.2) is 89.6 Å². The van der Waals surface area contributed by atoms with Crippen LogP contribution in [0.25, 0.3) is 10.9 Å². The molecule has 4 aromatic rings. The van der Waals surface area contributed by atoms with Crippen LogP contribution in [0.3, 0.4) is 0 Å². The molecule has 0 spiro atoms. The number of para-hydroxylation sites is 1. The van der Waals surface area contributed by atoms with Crippen molar-refractivity contribution in [3.8, 4) is 0 Å². The third-order valence-corrected chi connectivity index (χ3v) is 9.59. The standard InChI is InChI=1S/C36H37BrN4O5/c1-23(7-4-13-34(44)40-16-6-10-28(40)22-42)36(46)30-19-26(37)14-15-32(30)41(35(36)45)21-24-8-5-9-27(17-24)39-33(43)18-25-20-38-31-12-3-2-11-29(25)31/h2-5,7-9,11-12,14-15,17,19-20,23,28,38,42,46H,6,10,13,16,18,21-22H2,1H3,(H,39,43)/b7-4+/t23-,28-,36+/m0/s1. The predicted molar refractivity (Wildman–Crippen MR) is 181 cm³/mol. The van der Waals surface area contributed by atoms with E-state index in [1.165, 1.54) is 0 Å². The SMILES string of the molecule is C[C@@H](/C=C/CC(=O)N1CCC[C@H]1CO)[C@]1(O)C(=O)N(Cc2cccc(NC(=O)Cc3c[nH]c4ccccc34)c2)c2ccc(Br)cc21. The van der Waals surface area contributed by atoms with Crippen molar-refractivity contribution >= 4 is 55.9 Å². The number of benzene rings is 3. The smallest absolute Gasteiger partial charge is 0.264 e. The van der Waals surface area contributed by atoms with Crippen LogP contribution in [-0.2, 0) is 33.0 Å². The van der Waals surface area contributed by atoms with Gasteiger partial charge in [-0.25, -0.2) is 0 Å². The normalized spacial score (nSPS) is 20.1. The quantitative estimate of drug-likeness (QED) is 0.166. The molecule has 1 saturated heterocycles. The largest absolute Gasteiger partial charge is 0.394 e. The number of fused-ring (bicyclic) bond motifs is 2. The zero-order valence-corrected chi connectivity index (χ0v) is 27.2. The molecule has 0 bridgehead atoms. The van der Waals surface area contributed by atoms with Crippen molar-refractivity contribution in [1.82, 2.24) is 9.88 Å². The lowest BCUT2D eigenvalue weighted by Gasteiger charge is -2.28. The van der Waals surface area contributed by atoms with E-state index >= 15 is 0 Å². The van der Waals surface area contributed by atoms with Crippen LogP contribution in [0.4, 0.5) is 11.4 Å². The molecule has 3 atom stereocenters. The minimum atomic E-state index is -1.84. The number of halogens is 1. The van der Waals surface area contributed by atoms with Crippen LogP contribution in [0, 0.1) is 5.92 Å². The van der Waals surface area contributed by atoms with Crippen molar-refractivity contribution < 1.29 is 24.6 Å². The number of amides is 3. The van der Waals surface area contributed by atoms with Gasteiger partial charge in [0.2, 0.25) is 11.8 Å². The van der Waals surface area contributed by atoms with E-state index in [-0.39, 0.29) is 43.8 Å². The Balaban J connectivity index is 1.16. The fraction of sp³-hybridized carbons (Fsp3) is 0.306. The van der Waals surface area contributed by atoms with E-state index in [1.54, 1.807) is 34.9 Å². The highest BCUT2D eigenvalue weighted by Gasteiger charge is 2.52. The lowest BCUT2D eigenvalue weighted by Crippen LogP contribution is -2.44. The van der Waals surface area contributed by atoms with Crippen molar-refractivity contribution in [1.29, 1.82) is 0 Å². The third-order valence-electron chi connectivity index (χ3n) is 9.09. The number of hydrogen-bond acceptors (Lipinski definition) is 5. The highest BCUT2D eigenvalue weighted by molar-refractivity contribution is 9.10. The Labute approximate surface area is 276 Å². The van der Waals surface area contributed by atoms with E-state index in [1.807, 2.05) is 66.9 Å². The molecule has 6 rings (SSSR count). The van der Waals surface area contributed by atoms with Gasteiger partial charge in [-0.2, -0.15) is 0 Å². The Hall–Kier alpha value is -4.25. The maximum Gasteiger partial charge on any atom is 0.264 e. The number of anilines is 2. The molecule has 0 unspecified atom stereocenters. The molecule has 10 heteroatoms. The zero-order valence-electron chi connectivity index (χ0n) is 25.6. The van der Waals surface area contributed by atoms with Crippen molar-refractivity contribution in [2.45, 2.75) is 50.8 Å². The summed E-state index contributed by atoms with van der Waals surface area (Å²) in [5.74, 6) is -1.33. The molecule has 46 heavy (non-hydrogen) atoms. The fourth-order valence-electron chi connectivity index (χ4n) is 6.65. The summed E-state index contributed by atoms with van der Waals surface area (Å²) in [5, 5.41) is 25.6. The molecule has 3 aromatic carbocycles. The van der Waals surface area contributed by atoms with Gasteiger partial charge >= 0.3 is 0 Å². The molecule has 4 N–H and O–H groups in total. The average molecular weight is 686 g/mol. The van der Waals surface area contributed by atoms with Gasteiger partial charge in [-0.15, -0.1) is 0 Å². The van der Waals surface area contributed by atoms with Crippen molar-refractivity contribution in [3.05, 3.63) is 106 Å². The molecule has 9 nitrogen and oxygen atoms in total. The lowest BCUT2D eigenvalue weighted by atomic mass is 9.83. The van der Waals surface area contributed by atoms with E-state index in [2.05, 4.69) is 26.2 Å². The number of aliphatic hydroxyl groups is 2. The number of aliphatic hydroxyl groups excluding tert-OH is 1. The topological polar surface area (TPSA) is 126 Å². The molecule has 1 aromatic heterocycles. The minimum Gasteiger partial charge on any atom is -0.394 e. The minimum absolute atomic E-state index is 0.0537. The molecule has 2 aliphatic rings. The predicted octanol–water partition coefficient (Wildman–Crippen LogP) is 5.41. The first-order chi connectivity index (χ1) is 22.2. The summed E-state index contributed by atoms with van der Waals surface area (Å²) in [6.45, 7) is 2.53. The number of carbonyl (C=O) groups is 3. The number of likely N-dealkylation sites (tertiary alicyclic amines) is 1. The number of carbonyl (C=O) groups excluding carboxylic acids is 3. The maximum absolute atomic E-state index is 14.0. The van der Waals surface area contributed by atoms with Gasteiger partial charge in [-0.3, -0.25) is 14.4 Å². The van der Waals surface area contributed by atoms with Crippen LogP contribution < -0.4 is 10.2 Å². The van der Waals surface area contributed by atoms with E-state index in [0.29, 0.717) is 23.5 Å². The van der Waals surface area contributed by atoms with Crippen molar-refractivity contribution in [3.63, 3.8) is 0 Å². The second kappa shape index (κ2) is 13.2. The average Bonchev–Trinajstić information content (AvgIpc) is 3.75. The molecule has 3 amide bonds.